The summed E-state index contributed by atoms with van der Waals surface area (Å²) in [6.45, 7) is 6.13. The Morgan fingerprint density at radius 1 is 1.00 bits per heavy atom. The van der Waals surface area contributed by atoms with E-state index in [1.165, 1.54) is 5.69 Å². The fourth-order valence-corrected chi connectivity index (χ4v) is 4.16. The van der Waals surface area contributed by atoms with Gasteiger partial charge in [-0.25, -0.2) is 4.98 Å². The van der Waals surface area contributed by atoms with Gasteiger partial charge in [0.1, 0.15) is 0 Å². The number of oxazole rings is 1. The number of benzene rings is 2. The molecule has 2 heterocycles. The molecule has 1 amide bonds. The summed E-state index contributed by atoms with van der Waals surface area (Å²) in [6, 6.07) is 18.0. The van der Waals surface area contributed by atoms with Gasteiger partial charge in [-0.1, -0.05) is 29.8 Å². The van der Waals surface area contributed by atoms with Crippen molar-refractivity contribution in [2.75, 3.05) is 44.2 Å². The smallest absolute Gasteiger partial charge is 0.220 e. The van der Waals surface area contributed by atoms with E-state index in [0.29, 0.717) is 36.1 Å². The summed E-state index contributed by atoms with van der Waals surface area (Å²) in [4.78, 5) is 21.4. The Bertz CT molecular complexity index is 999. The minimum Gasteiger partial charge on any atom is -0.441 e. The summed E-state index contributed by atoms with van der Waals surface area (Å²) >= 11 is 5.92. The van der Waals surface area contributed by atoms with Crippen LogP contribution in [0, 0.1) is 0 Å². The van der Waals surface area contributed by atoms with Crippen LogP contribution in [0.5, 0.6) is 0 Å². The number of aromatic nitrogens is 1. The minimum atomic E-state index is 0.0396. The molecule has 0 saturated carbocycles. The van der Waals surface area contributed by atoms with Crippen molar-refractivity contribution in [3.63, 3.8) is 0 Å². The van der Waals surface area contributed by atoms with Gasteiger partial charge in [-0.15, -0.1) is 0 Å². The monoisotopic (exact) mass is 466 g/mol. The number of hydrogen-bond donors (Lipinski definition) is 1. The summed E-state index contributed by atoms with van der Waals surface area (Å²) in [5.41, 5.74) is 2.23. The fourth-order valence-electron chi connectivity index (χ4n) is 4.04. The van der Waals surface area contributed by atoms with Crippen LogP contribution in [0.15, 0.2) is 65.2 Å². The molecule has 1 fully saturated rings. The van der Waals surface area contributed by atoms with Gasteiger partial charge in [-0.2, -0.15) is 0 Å². The lowest BCUT2D eigenvalue weighted by Crippen LogP contribution is -2.46. The van der Waals surface area contributed by atoms with E-state index in [-0.39, 0.29) is 5.91 Å². The summed E-state index contributed by atoms with van der Waals surface area (Å²) in [5.74, 6) is 1.30. The van der Waals surface area contributed by atoms with Crippen molar-refractivity contribution in [1.29, 1.82) is 0 Å². The number of nitrogens with zero attached hydrogens (tertiary/aromatic N) is 3. The second-order valence-corrected chi connectivity index (χ2v) is 8.78. The van der Waals surface area contributed by atoms with Gasteiger partial charge in [0.25, 0.3) is 0 Å². The molecular weight excluding hydrogens is 436 g/mol. The second kappa shape index (κ2) is 11.9. The average Bonchev–Trinajstić information content (AvgIpc) is 3.33. The Balaban J connectivity index is 1.07. The van der Waals surface area contributed by atoms with Crippen molar-refractivity contribution >= 4 is 23.2 Å². The molecule has 7 heteroatoms. The standard InChI is InChI=1S/C26H31ClN4O2/c27-22-10-8-21(9-11-22)24-20-29-26(33-24)13-12-25(32)28-14-4-5-15-30-16-18-31(19-17-30)23-6-2-1-3-7-23/h1-3,6-11,20H,4-5,12-19H2,(H,28,32). The second-order valence-electron chi connectivity index (χ2n) is 8.35. The molecule has 0 aliphatic carbocycles. The highest BCUT2D eigenvalue weighted by molar-refractivity contribution is 6.30. The van der Waals surface area contributed by atoms with Gasteiger partial charge in [-0.05, 0) is 55.8 Å². The average molecular weight is 467 g/mol. The molecule has 4 rings (SSSR count). The number of amides is 1. The van der Waals surface area contributed by atoms with Crippen LogP contribution in [0.2, 0.25) is 5.02 Å². The van der Waals surface area contributed by atoms with Crippen LogP contribution in [0.4, 0.5) is 5.69 Å². The lowest BCUT2D eigenvalue weighted by atomic mass is 10.2. The normalized spacial score (nSPS) is 14.4. The first kappa shape index (κ1) is 23.3. The Hall–Kier alpha value is -2.83. The Kier molecular flexibility index (Phi) is 8.39. The van der Waals surface area contributed by atoms with Crippen molar-refractivity contribution in [2.45, 2.75) is 25.7 Å². The molecule has 0 unspecified atom stereocenters. The number of hydrogen-bond acceptors (Lipinski definition) is 5. The third kappa shape index (κ3) is 7.07. The summed E-state index contributed by atoms with van der Waals surface area (Å²) in [6.07, 6.45) is 4.64. The number of aryl methyl sites for hydroxylation is 1. The van der Waals surface area contributed by atoms with E-state index in [4.69, 9.17) is 16.0 Å². The van der Waals surface area contributed by atoms with Gasteiger partial charge in [0.05, 0.1) is 6.20 Å². The number of nitrogens with one attached hydrogen (secondary N) is 1. The molecule has 6 nitrogen and oxygen atoms in total. The predicted octanol–water partition coefficient (Wildman–Crippen LogP) is 4.65. The quantitative estimate of drug-likeness (QED) is 0.441. The highest BCUT2D eigenvalue weighted by Crippen LogP contribution is 2.22. The molecule has 2 aromatic carbocycles. The largest absolute Gasteiger partial charge is 0.441 e. The van der Waals surface area contributed by atoms with Crippen molar-refractivity contribution in [2.24, 2.45) is 0 Å². The highest BCUT2D eigenvalue weighted by atomic mass is 35.5. The Morgan fingerprint density at radius 3 is 2.52 bits per heavy atom. The fraction of sp³-hybridized carbons (Fsp3) is 0.385. The van der Waals surface area contributed by atoms with E-state index >= 15 is 0 Å². The van der Waals surface area contributed by atoms with Crippen LogP contribution in [-0.2, 0) is 11.2 Å². The first-order valence-electron chi connectivity index (χ1n) is 11.7. The number of para-hydroxylation sites is 1. The zero-order valence-corrected chi connectivity index (χ0v) is 19.6. The maximum Gasteiger partial charge on any atom is 0.220 e. The lowest BCUT2D eigenvalue weighted by Gasteiger charge is -2.36. The van der Waals surface area contributed by atoms with Crippen LogP contribution in [-0.4, -0.2) is 55.1 Å². The number of carbonyl (C=O) groups is 1. The van der Waals surface area contributed by atoms with Gasteiger partial charge in [0.15, 0.2) is 11.7 Å². The van der Waals surface area contributed by atoms with E-state index in [2.05, 4.69) is 50.4 Å². The van der Waals surface area contributed by atoms with E-state index in [9.17, 15) is 4.79 Å². The molecule has 174 valence electrons. The highest BCUT2D eigenvalue weighted by Gasteiger charge is 2.16. The molecule has 1 aromatic heterocycles. The van der Waals surface area contributed by atoms with Crippen LogP contribution in [0.1, 0.15) is 25.2 Å². The van der Waals surface area contributed by atoms with Crippen molar-refractivity contribution in [3.05, 3.63) is 71.7 Å². The van der Waals surface area contributed by atoms with E-state index in [0.717, 1.165) is 51.1 Å². The van der Waals surface area contributed by atoms with Crippen molar-refractivity contribution in [1.82, 2.24) is 15.2 Å². The molecule has 33 heavy (non-hydrogen) atoms. The Labute approximate surface area is 200 Å². The van der Waals surface area contributed by atoms with Crippen LogP contribution in [0.3, 0.4) is 0 Å². The third-order valence-electron chi connectivity index (χ3n) is 5.97. The number of anilines is 1. The molecule has 0 atom stereocenters. The zero-order chi connectivity index (χ0) is 22.9. The van der Waals surface area contributed by atoms with Gasteiger partial charge < -0.3 is 14.6 Å². The van der Waals surface area contributed by atoms with Crippen molar-refractivity contribution in [3.8, 4) is 11.3 Å². The minimum absolute atomic E-state index is 0.0396. The topological polar surface area (TPSA) is 61.6 Å². The van der Waals surface area contributed by atoms with E-state index < -0.39 is 0 Å². The molecular formula is C26H31ClN4O2. The van der Waals surface area contributed by atoms with Crippen LogP contribution < -0.4 is 10.2 Å². The number of rotatable bonds is 10. The predicted molar refractivity (Wildman–Crippen MR) is 133 cm³/mol. The maximum absolute atomic E-state index is 12.2. The number of halogens is 1. The summed E-state index contributed by atoms with van der Waals surface area (Å²) < 4.78 is 5.76. The molecule has 1 aliphatic rings. The Morgan fingerprint density at radius 2 is 1.76 bits per heavy atom. The molecule has 3 aromatic rings. The number of carbonyl (C=O) groups excluding carboxylic acids is 1. The van der Waals surface area contributed by atoms with Gasteiger partial charge in [-0.3, -0.25) is 9.69 Å². The summed E-state index contributed by atoms with van der Waals surface area (Å²) in [7, 11) is 0. The van der Waals surface area contributed by atoms with Crippen molar-refractivity contribution < 1.29 is 9.21 Å². The molecule has 1 aliphatic heterocycles. The van der Waals surface area contributed by atoms with Gasteiger partial charge in [0, 0.05) is 61.8 Å². The van der Waals surface area contributed by atoms with E-state index in [1.807, 2.05) is 24.3 Å². The third-order valence-corrected chi connectivity index (χ3v) is 6.22. The molecule has 1 N–H and O–H groups in total. The zero-order valence-electron chi connectivity index (χ0n) is 18.9. The van der Waals surface area contributed by atoms with Crippen LogP contribution in [0.25, 0.3) is 11.3 Å². The SMILES string of the molecule is O=C(CCc1ncc(-c2ccc(Cl)cc2)o1)NCCCCN1CCN(c2ccccc2)CC1. The maximum atomic E-state index is 12.2. The van der Waals surface area contributed by atoms with E-state index in [1.54, 1.807) is 6.20 Å². The number of piperazine rings is 1. The molecule has 0 bridgehead atoms. The first-order chi connectivity index (χ1) is 16.2. The number of unbranched alkanes of at least 4 members (excludes halogenated alkanes) is 1. The van der Waals surface area contributed by atoms with Gasteiger partial charge >= 0.3 is 0 Å². The first-order valence-corrected chi connectivity index (χ1v) is 12.0. The molecule has 0 spiro atoms. The molecule has 0 radical (unpaired) electrons. The summed E-state index contributed by atoms with van der Waals surface area (Å²) in [5, 5.41) is 3.70. The van der Waals surface area contributed by atoms with Gasteiger partial charge in [0.2, 0.25) is 5.91 Å². The lowest BCUT2D eigenvalue weighted by molar-refractivity contribution is -0.121. The molecule has 1 saturated heterocycles. The van der Waals surface area contributed by atoms with Crippen LogP contribution >= 0.6 is 11.6 Å².